The Morgan fingerprint density at radius 3 is 1.19 bits per heavy atom. The Kier molecular flexibility index (Phi) is 7.03. The summed E-state index contributed by atoms with van der Waals surface area (Å²) in [6.07, 6.45) is 16.6. The summed E-state index contributed by atoms with van der Waals surface area (Å²) >= 11 is 0. The molecule has 0 aromatic heterocycles. The van der Waals surface area contributed by atoms with Crippen molar-refractivity contribution in [3.8, 4) is 0 Å². The summed E-state index contributed by atoms with van der Waals surface area (Å²) in [6.45, 7) is 0. The maximum Gasteiger partial charge on any atom is 0.195 e. The molecule has 4 heteroatoms. The second-order valence-corrected chi connectivity index (χ2v) is 13.8. The van der Waals surface area contributed by atoms with Gasteiger partial charge in [0.15, 0.2) is 10.9 Å². The Hall–Kier alpha value is -6.52. The van der Waals surface area contributed by atoms with Gasteiger partial charge in [-0.3, -0.25) is 9.59 Å². The third-order valence-electron chi connectivity index (χ3n) is 10.8. The molecule has 8 aromatic rings. The molecule has 0 saturated carbocycles. The van der Waals surface area contributed by atoms with E-state index >= 15 is 0 Å². The third-order valence-corrected chi connectivity index (χ3v) is 10.8. The molecule has 52 heavy (non-hydrogen) atoms. The van der Waals surface area contributed by atoms with Crippen LogP contribution in [0.5, 0.6) is 0 Å². The van der Waals surface area contributed by atoms with Crippen LogP contribution >= 0.6 is 0 Å². The molecule has 0 fully saturated rings. The van der Waals surface area contributed by atoms with Crippen LogP contribution in [0, 0.1) is 0 Å². The second-order valence-electron chi connectivity index (χ2n) is 13.8. The first kappa shape index (κ1) is 30.3. The molecule has 0 saturated heterocycles. The highest BCUT2D eigenvalue weighted by Gasteiger charge is 2.25. The van der Waals surface area contributed by atoms with Crippen molar-refractivity contribution in [3.05, 3.63) is 190 Å². The van der Waals surface area contributed by atoms with Gasteiger partial charge in [0.2, 0.25) is 0 Å². The van der Waals surface area contributed by atoms with Crippen molar-refractivity contribution in [2.45, 2.75) is 25.7 Å². The lowest BCUT2D eigenvalue weighted by Gasteiger charge is -2.29. The highest BCUT2D eigenvalue weighted by molar-refractivity contribution is 6.38. The number of benzene rings is 6. The number of anilines is 4. The fourth-order valence-electron chi connectivity index (χ4n) is 8.54. The first-order chi connectivity index (χ1) is 25.7. The van der Waals surface area contributed by atoms with Crippen molar-refractivity contribution < 1.29 is 0 Å². The molecule has 10 rings (SSSR count). The van der Waals surface area contributed by atoms with Crippen LogP contribution in [-0.2, 0) is 0 Å². The zero-order valence-electron chi connectivity index (χ0n) is 28.6. The minimum Gasteiger partial charge on any atom is -0.314 e. The Morgan fingerprint density at radius 2 is 0.788 bits per heavy atom. The highest BCUT2D eigenvalue weighted by atomic mass is 16.1. The minimum atomic E-state index is -0.0918. The quantitative estimate of drug-likeness (QED) is 0.177. The molecule has 0 atom stereocenters. The summed E-state index contributed by atoms with van der Waals surface area (Å²) in [5.41, 5.74) is 6.12. The molecule has 0 unspecified atom stereocenters. The number of nitrogens with zero attached hydrogens (tertiary/aromatic N) is 2. The minimum absolute atomic E-state index is 0.0918. The van der Waals surface area contributed by atoms with E-state index in [0.29, 0.717) is 21.5 Å². The summed E-state index contributed by atoms with van der Waals surface area (Å²) in [7, 11) is 0. The fourth-order valence-corrected chi connectivity index (χ4v) is 8.54. The first-order valence-electron chi connectivity index (χ1n) is 18.1. The number of fused-ring (bicyclic) bond motifs is 10. The molecule has 0 bridgehead atoms. The summed E-state index contributed by atoms with van der Waals surface area (Å²) < 4.78 is 0. The molecule has 0 amide bonds. The molecular weight excluding hydrogens is 637 g/mol. The van der Waals surface area contributed by atoms with E-state index in [9.17, 15) is 9.59 Å². The van der Waals surface area contributed by atoms with Crippen molar-refractivity contribution in [2.24, 2.45) is 0 Å². The van der Waals surface area contributed by atoms with Gasteiger partial charge in [-0.25, -0.2) is 0 Å². The Morgan fingerprint density at radius 1 is 0.385 bits per heavy atom. The van der Waals surface area contributed by atoms with E-state index < -0.39 is 0 Å². The van der Waals surface area contributed by atoms with Crippen LogP contribution in [0.4, 0.5) is 22.7 Å². The number of hydrogen-bond acceptors (Lipinski definition) is 4. The van der Waals surface area contributed by atoms with E-state index in [4.69, 9.17) is 0 Å². The Bertz CT molecular complexity index is 2740. The molecule has 0 heterocycles. The van der Waals surface area contributed by atoms with Gasteiger partial charge >= 0.3 is 0 Å². The lowest BCUT2D eigenvalue weighted by molar-refractivity contribution is 0.918. The van der Waals surface area contributed by atoms with Crippen LogP contribution in [0.2, 0.25) is 0 Å². The molecule has 0 aliphatic heterocycles. The van der Waals surface area contributed by atoms with Gasteiger partial charge in [0, 0.05) is 66.5 Å². The van der Waals surface area contributed by atoms with Crippen LogP contribution in [0.15, 0.2) is 179 Å². The van der Waals surface area contributed by atoms with Gasteiger partial charge in [-0.15, -0.1) is 0 Å². The lowest BCUT2D eigenvalue weighted by atomic mass is 9.97. The summed E-state index contributed by atoms with van der Waals surface area (Å²) in [6, 6.07) is 41.3. The highest BCUT2D eigenvalue weighted by Crippen LogP contribution is 2.44. The van der Waals surface area contributed by atoms with Crippen LogP contribution in [0.25, 0.3) is 53.9 Å². The standard InChI is InChI=1S/C48H34N2O2/c51-47-41-29-35(49(31-15-5-1-6-16-31)32-17-7-2-8-18-32)25-27-39(41)43-37-23-13-14-24-38(37)44-40-28-26-36(30-42(40)48(52)46(44)45(43)47)50(33-19-9-3-10-20-33)34-21-11-4-12-22-34/h1-7,9-11,13-17,19-21,23-30H,8,12,18,22H2. The third kappa shape index (κ3) is 4.61. The Labute approximate surface area is 300 Å². The number of allylic oxidation sites excluding steroid dienone is 8. The molecule has 8 aromatic carbocycles. The van der Waals surface area contributed by atoms with E-state index in [1.165, 1.54) is 11.4 Å². The molecule has 0 radical (unpaired) electrons. The largest absolute Gasteiger partial charge is 0.314 e. The lowest BCUT2D eigenvalue weighted by Crippen LogP contribution is -2.17. The predicted octanol–water partition coefficient (Wildman–Crippen LogP) is 11.8. The predicted molar refractivity (Wildman–Crippen MR) is 219 cm³/mol. The maximum absolute atomic E-state index is 14.8. The van der Waals surface area contributed by atoms with E-state index in [2.05, 4.69) is 107 Å². The van der Waals surface area contributed by atoms with E-state index in [1.807, 2.05) is 60.7 Å². The topological polar surface area (TPSA) is 40.6 Å². The molecule has 0 spiro atoms. The number of rotatable bonds is 6. The average molecular weight is 671 g/mol. The monoisotopic (exact) mass is 670 g/mol. The van der Waals surface area contributed by atoms with Gasteiger partial charge in [0.05, 0.1) is 0 Å². The average Bonchev–Trinajstić information content (AvgIpc) is 3.66. The number of para-hydroxylation sites is 2. The summed E-state index contributed by atoms with van der Waals surface area (Å²) in [5.74, 6) is 0. The van der Waals surface area contributed by atoms with Gasteiger partial charge in [-0.2, -0.15) is 0 Å². The molecule has 2 aliphatic carbocycles. The normalized spacial score (nSPS) is 14.5. The molecular formula is C48H34N2O2. The van der Waals surface area contributed by atoms with Crippen LogP contribution in [0.3, 0.4) is 0 Å². The van der Waals surface area contributed by atoms with Crippen molar-refractivity contribution in [3.63, 3.8) is 0 Å². The summed E-state index contributed by atoms with van der Waals surface area (Å²) in [5, 5.41) is 7.78. The molecule has 2 aliphatic rings. The SMILES string of the molecule is O=c1c2cc(N(C3=CC=CCC3)c3ccccc3)ccc2c2c3ccccc3c3c4ccc(N(C5=CC=CCC5)c5ccccc5)cc4c(=O)c3c12. The van der Waals surface area contributed by atoms with Gasteiger partial charge < -0.3 is 9.80 Å². The van der Waals surface area contributed by atoms with Crippen molar-refractivity contribution >= 4 is 76.6 Å². The van der Waals surface area contributed by atoms with Crippen molar-refractivity contribution in [1.29, 1.82) is 0 Å². The van der Waals surface area contributed by atoms with Gasteiger partial charge in [-0.05, 0) is 108 Å². The summed E-state index contributed by atoms with van der Waals surface area (Å²) in [4.78, 5) is 34.1. The maximum atomic E-state index is 14.8. The zero-order chi connectivity index (χ0) is 34.8. The van der Waals surface area contributed by atoms with E-state index in [-0.39, 0.29) is 10.9 Å². The first-order valence-corrected chi connectivity index (χ1v) is 18.1. The smallest absolute Gasteiger partial charge is 0.195 e. The molecule has 4 nitrogen and oxygen atoms in total. The van der Waals surface area contributed by atoms with Gasteiger partial charge in [0.1, 0.15) is 0 Å². The Balaban J connectivity index is 1.25. The van der Waals surface area contributed by atoms with E-state index in [1.54, 1.807) is 0 Å². The second kappa shape index (κ2) is 12.1. The number of hydrogen-bond donors (Lipinski definition) is 0. The zero-order valence-corrected chi connectivity index (χ0v) is 28.6. The van der Waals surface area contributed by atoms with Crippen LogP contribution in [-0.4, -0.2) is 0 Å². The molecule has 248 valence electrons. The van der Waals surface area contributed by atoms with Crippen LogP contribution < -0.4 is 20.7 Å². The van der Waals surface area contributed by atoms with Crippen molar-refractivity contribution in [1.82, 2.24) is 0 Å². The van der Waals surface area contributed by atoms with E-state index in [0.717, 1.165) is 80.8 Å². The molecule has 0 N–H and O–H groups in total. The fraction of sp³-hybridized carbons (Fsp3) is 0.0833. The van der Waals surface area contributed by atoms with Gasteiger partial charge in [-0.1, -0.05) is 97.1 Å². The van der Waals surface area contributed by atoms with Gasteiger partial charge in [0.25, 0.3) is 0 Å². The van der Waals surface area contributed by atoms with Crippen LogP contribution in [0.1, 0.15) is 25.7 Å². The van der Waals surface area contributed by atoms with Crippen molar-refractivity contribution in [2.75, 3.05) is 9.80 Å².